The van der Waals surface area contributed by atoms with Crippen molar-refractivity contribution >= 4 is 18.0 Å². The number of ether oxygens (including phenoxy) is 1. The molecule has 0 spiro atoms. The van der Waals surface area contributed by atoms with Crippen molar-refractivity contribution in [2.75, 3.05) is 23.7 Å². The first-order valence-corrected chi connectivity index (χ1v) is 8.72. The average Bonchev–Trinajstić information content (AvgIpc) is 3.03. The molecule has 1 fully saturated rings. The van der Waals surface area contributed by atoms with Crippen molar-refractivity contribution in [2.24, 2.45) is 4.99 Å². The molecule has 4 heterocycles. The van der Waals surface area contributed by atoms with Gasteiger partial charge in [0, 0.05) is 12.7 Å². The largest absolute Gasteiger partial charge is 0.370 e. The lowest BCUT2D eigenvalue weighted by Crippen LogP contribution is -2.46. The van der Waals surface area contributed by atoms with Gasteiger partial charge in [0.2, 0.25) is 5.82 Å². The van der Waals surface area contributed by atoms with E-state index in [1.165, 1.54) is 6.20 Å². The summed E-state index contributed by atoms with van der Waals surface area (Å²) >= 11 is 0. The van der Waals surface area contributed by atoms with Gasteiger partial charge in [0.25, 0.3) is 0 Å². The van der Waals surface area contributed by atoms with E-state index in [0.717, 1.165) is 24.1 Å². The predicted octanol–water partition coefficient (Wildman–Crippen LogP) is 2.25. The predicted molar refractivity (Wildman–Crippen MR) is 92.6 cm³/mol. The third-order valence-electron chi connectivity index (χ3n) is 5.44. The molecule has 0 saturated heterocycles. The molecule has 1 unspecified atom stereocenters. The van der Waals surface area contributed by atoms with Crippen LogP contribution < -0.4 is 9.91 Å². The maximum Gasteiger partial charge on any atom is 0.348 e. The average molecular weight is 369 g/mol. The highest BCUT2D eigenvalue weighted by Crippen LogP contribution is 2.49. The quantitative estimate of drug-likeness (QED) is 0.763. The molecule has 1 atom stereocenters. The van der Waals surface area contributed by atoms with Crippen LogP contribution in [0.3, 0.4) is 0 Å². The smallest absolute Gasteiger partial charge is 0.348 e. The van der Waals surface area contributed by atoms with E-state index >= 15 is 0 Å². The molecule has 1 aromatic carbocycles. The summed E-state index contributed by atoms with van der Waals surface area (Å²) in [7, 11) is 1.65. The molecule has 6 rings (SSSR count). The molecule has 9 nitrogen and oxygen atoms in total. The fourth-order valence-electron chi connectivity index (χ4n) is 3.86. The summed E-state index contributed by atoms with van der Waals surface area (Å²) in [5.41, 5.74) is 1.48. The van der Waals surface area contributed by atoms with Gasteiger partial charge in [0.05, 0.1) is 11.9 Å². The number of fused-ring (bicyclic) bond motifs is 6. The Labute approximate surface area is 153 Å². The Balaban J connectivity index is 1.42. The highest BCUT2D eigenvalue weighted by Gasteiger charge is 2.50. The number of aliphatic imine (C=N–C) groups is 1. The number of hydrogen-bond acceptors (Lipinski definition) is 9. The molecule has 3 aliphatic heterocycles. The lowest BCUT2D eigenvalue weighted by atomic mass is 10.1. The first-order valence-electron chi connectivity index (χ1n) is 8.72. The van der Waals surface area contributed by atoms with Crippen molar-refractivity contribution < 1.29 is 13.7 Å². The molecular formula is C17H16FN7O2. The van der Waals surface area contributed by atoms with Crippen LogP contribution in [0.1, 0.15) is 30.4 Å². The molecule has 0 radical (unpaired) electrons. The number of hydrazine groups is 1. The molecule has 138 valence electrons. The van der Waals surface area contributed by atoms with Crippen LogP contribution in [0.4, 0.5) is 16.2 Å². The van der Waals surface area contributed by atoms with Gasteiger partial charge in [-0.05, 0) is 18.9 Å². The lowest BCUT2D eigenvalue weighted by molar-refractivity contribution is 0.0689. The second kappa shape index (κ2) is 4.97. The first-order chi connectivity index (χ1) is 13.2. The summed E-state index contributed by atoms with van der Waals surface area (Å²) in [5, 5.41) is 8.26. The van der Waals surface area contributed by atoms with Crippen LogP contribution >= 0.6 is 0 Å². The van der Waals surface area contributed by atoms with Gasteiger partial charge in [-0.3, -0.25) is 0 Å². The van der Waals surface area contributed by atoms with Gasteiger partial charge in [0.1, 0.15) is 18.6 Å². The molecular weight excluding hydrogens is 353 g/mol. The van der Waals surface area contributed by atoms with E-state index in [1.54, 1.807) is 18.5 Å². The van der Waals surface area contributed by atoms with Crippen LogP contribution in [0.5, 0.6) is 0 Å². The first kappa shape index (κ1) is 15.0. The minimum absolute atomic E-state index is 0.116. The summed E-state index contributed by atoms with van der Waals surface area (Å²) < 4.78 is 25.1. The van der Waals surface area contributed by atoms with Gasteiger partial charge in [-0.15, -0.1) is 0 Å². The molecule has 0 amide bonds. The van der Waals surface area contributed by atoms with Crippen molar-refractivity contribution in [3.05, 3.63) is 47.7 Å². The van der Waals surface area contributed by atoms with Gasteiger partial charge in [-0.2, -0.15) is 15.1 Å². The Morgan fingerprint density at radius 1 is 1.30 bits per heavy atom. The number of methoxy groups -OCH3 is 1. The molecule has 4 aliphatic rings. The van der Waals surface area contributed by atoms with Gasteiger partial charge in [-0.25, -0.2) is 10.0 Å². The van der Waals surface area contributed by atoms with Gasteiger partial charge in [0.15, 0.2) is 12.0 Å². The second-order valence-electron chi connectivity index (χ2n) is 6.94. The Bertz CT molecular complexity index is 985. The van der Waals surface area contributed by atoms with E-state index in [1.807, 2.05) is 34.2 Å². The Morgan fingerprint density at radius 2 is 2.15 bits per heavy atom. The zero-order chi connectivity index (χ0) is 18.2. The second-order valence-corrected chi connectivity index (χ2v) is 6.94. The molecule has 0 bridgehead atoms. The van der Waals surface area contributed by atoms with Crippen LogP contribution in [-0.2, 0) is 10.3 Å². The number of para-hydroxylation sites is 1. The minimum Gasteiger partial charge on any atom is -0.370 e. The number of nitrogens with zero attached hydrogens (tertiary/aromatic N) is 7. The van der Waals surface area contributed by atoms with Crippen LogP contribution in [0, 0.1) is 0 Å². The molecule has 2 aromatic rings. The van der Waals surface area contributed by atoms with E-state index in [4.69, 9.17) is 9.26 Å². The van der Waals surface area contributed by atoms with Crippen LogP contribution in [0.2, 0.25) is 0 Å². The summed E-state index contributed by atoms with van der Waals surface area (Å²) in [4.78, 5) is 11.0. The fraction of sp³-hybridized carbons (Fsp3) is 0.353. The van der Waals surface area contributed by atoms with Gasteiger partial charge >= 0.3 is 6.01 Å². The van der Waals surface area contributed by atoms with E-state index in [9.17, 15) is 4.48 Å². The third-order valence-corrected chi connectivity index (χ3v) is 5.44. The van der Waals surface area contributed by atoms with Crippen molar-refractivity contribution in [2.45, 2.75) is 24.6 Å². The van der Waals surface area contributed by atoms with Gasteiger partial charge < -0.3 is 14.2 Å². The highest BCUT2D eigenvalue weighted by atomic mass is 19.2. The molecule has 10 heteroatoms. The zero-order valence-corrected chi connectivity index (χ0v) is 14.5. The number of anilines is 2. The van der Waals surface area contributed by atoms with E-state index in [2.05, 4.69) is 15.1 Å². The monoisotopic (exact) mass is 369 g/mol. The van der Waals surface area contributed by atoms with E-state index < -0.39 is 5.60 Å². The molecule has 1 saturated carbocycles. The van der Waals surface area contributed by atoms with Crippen molar-refractivity contribution in [3.63, 3.8) is 0 Å². The van der Waals surface area contributed by atoms with Crippen molar-refractivity contribution in [1.29, 1.82) is 0 Å². The summed E-state index contributed by atoms with van der Waals surface area (Å²) in [5.74, 6) is 1.19. The maximum absolute atomic E-state index is 14.1. The Kier molecular flexibility index (Phi) is 2.76. The summed E-state index contributed by atoms with van der Waals surface area (Å²) in [6, 6.07) is 8.13. The Hall–Kier alpha value is -3.14. The topological polar surface area (TPSA) is 73.5 Å². The minimum atomic E-state index is -0.444. The number of aromatic nitrogens is 2. The molecule has 27 heavy (non-hydrogen) atoms. The van der Waals surface area contributed by atoms with Crippen LogP contribution in [0.25, 0.3) is 0 Å². The Morgan fingerprint density at radius 3 is 2.96 bits per heavy atom. The van der Waals surface area contributed by atoms with E-state index in [-0.39, 0.29) is 18.8 Å². The van der Waals surface area contributed by atoms with E-state index in [0.29, 0.717) is 16.8 Å². The van der Waals surface area contributed by atoms with Gasteiger partial charge in [-0.1, -0.05) is 27.8 Å². The van der Waals surface area contributed by atoms with Crippen LogP contribution in [-0.4, -0.2) is 40.4 Å². The molecule has 1 aromatic heterocycles. The number of rotatable bonds is 3. The normalized spacial score (nSPS) is 24.1. The standard InChI is InChI=1S/C17H16FN7O2/c1-26-17(6-7-17)15-20-16(27-21-15)24-9-19-14-11-4-2-3-5-12(11)23-10-22(18)8-13(23)25(14)24/h2-5,8-9,14H,6-7,10H2,1H3. The fourth-order valence-corrected chi connectivity index (χ4v) is 3.86. The van der Waals surface area contributed by atoms with Crippen molar-refractivity contribution in [1.82, 2.24) is 20.3 Å². The third kappa shape index (κ3) is 1.93. The summed E-state index contributed by atoms with van der Waals surface area (Å²) in [6.07, 6.45) is 4.50. The number of halogens is 1. The lowest BCUT2D eigenvalue weighted by Gasteiger charge is -2.41. The summed E-state index contributed by atoms with van der Waals surface area (Å²) in [6.45, 7) is 0.116. The molecule has 0 N–H and O–H groups in total. The highest BCUT2D eigenvalue weighted by molar-refractivity contribution is 5.79. The van der Waals surface area contributed by atoms with Crippen molar-refractivity contribution in [3.8, 4) is 0 Å². The zero-order valence-electron chi connectivity index (χ0n) is 14.5. The maximum atomic E-state index is 14.1. The molecule has 1 aliphatic carbocycles. The SMILES string of the molecule is COC1(c2noc(N3C=NC4c5ccccc5N5CN(F)C=C5N43)n2)CC1. The number of hydrogen-bond donors (Lipinski definition) is 0. The number of benzene rings is 1. The van der Waals surface area contributed by atoms with Crippen LogP contribution in [0.15, 0.2) is 45.8 Å².